The zero-order chi connectivity index (χ0) is 32.0. The third-order valence-corrected chi connectivity index (χ3v) is 8.72. The number of amides is 1. The van der Waals surface area contributed by atoms with Gasteiger partial charge in [0.05, 0.1) is 21.3 Å². The minimum atomic E-state index is -0.948. The Balaban J connectivity index is 1.20. The van der Waals surface area contributed by atoms with Gasteiger partial charge in [-0.1, -0.05) is 25.1 Å². The molecule has 0 spiro atoms. The molecular formula is C34H31F3N6O2S. The third kappa shape index (κ3) is 7.19. The van der Waals surface area contributed by atoms with Gasteiger partial charge in [-0.3, -0.25) is 9.69 Å². The molecule has 5 aromatic rings. The smallest absolute Gasteiger partial charge is 0.261 e. The Morgan fingerprint density at radius 1 is 0.935 bits per heavy atom. The van der Waals surface area contributed by atoms with Gasteiger partial charge in [0.2, 0.25) is 5.95 Å². The molecule has 1 saturated heterocycles. The maximum absolute atomic E-state index is 14.8. The zero-order valence-corrected chi connectivity index (χ0v) is 25.8. The molecule has 2 N–H and O–H groups in total. The van der Waals surface area contributed by atoms with Crippen LogP contribution in [0.15, 0.2) is 72.9 Å². The number of aryl methyl sites for hydroxylation is 1. The van der Waals surface area contributed by atoms with Crippen LogP contribution in [-0.2, 0) is 6.42 Å². The highest BCUT2D eigenvalue weighted by Gasteiger charge is 2.20. The summed E-state index contributed by atoms with van der Waals surface area (Å²) < 4.78 is 48.9. The highest BCUT2D eigenvalue weighted by molar-refractivity contribution is 7.15. The summed E-state index contributed by atoms with van der Waals surface area (Å²) in [7, 11) is 0. The van der Waals surface area contributed by atoms with Crippen molar-refractivity contribution in [2.24, 2.45) is 0 Å². The SMILES string of the molecule is CCc1nc(-c2cccc(NC(=O)c3c(F)cccc3F)c2)c(-c2ccnc(Nc3ccc(OCCN4CCCC4)c(F)c3)n2)s1. The molecule has 12 heteroatoms. The minimum absolute atomic E-state index is 0.193. The van der Waals surface area contributed by atoms with E-state index in [-0.39, 0.29) is 11.7 Å². The molecule has 0 unspecified atom stereocenters. The molecule has 46 heavy (non-hydrogen) atoms. The zero-order valence-electron chi connectivity index (χ0n) is 25.0. The number of carbonyl (C=O) groups is 1. The molecular weight excluding hydrogens is 613 g/mol. The number of hydrogen-bond acceptors (Lipinski definition) is 8. The Morgan fingerprint density at radius 2 is 1.72 bits per heavy atom. The second-order valence-electron chi connectivity index (χ2n) is 10.7. The summed E-state index contributed by atoms with van der Waals surface area (Å²) in [6.45, 7) is 5.30. The summed E-state index contributed by atoms with van der Waals surface area (Å²) in [4.78, 5) is 29.6. The number of hydrogen-bond donors (Lipinski definition) is 2. The number of benzene rings is 3. The average molecular weight is 645 g/mol. The van der Waals surface area contributed by atoms with Gasteiger partial charge in [0.25, 0.3) is 5.91 Å². The van der Waals surface area contributed by atoms with Crippen molar-refractivity contribution in [2.45, 2.75) is 26.2 Å². The van der Waals surface area contributed by atoms with E-state index in [1.165, 1.54) is 36.3 Å². The molecule has 0 radical (unpaired) electrons. The Morgan fingerprint density at radius 3 is 2.48 bits per heavy atom. The van der Waals surface area contributed by atoms with Crippen molar-refractivity contribution in [2.75, 3.05) is 36.9 Å². The van der Waals surface area contributed by atoms with Crippen LogP contribution in [0.2, 0.25) is 0 Å². The van der Waals surface area contributed by atoms with E-state index in [0.29, 0.717) is 41.4 Å². The van der Waals surface area contributed by atoms with Crippen LogP contribution in [-0.4, -0.2) is 52.0 Å². The molecule has 1 fully saturated rings. The Kier molecular flexibility index (Phi) is 9.55. The molecule has 3 aromatic carbocycles. The summed E-state index contributed by atoms with van der Waals surface area (Å²) in [6.07, 6.45) is 4.67. The van der Waals surface area contributed by atoms with Crippen LogP contribution in [0.25, 0.3) is 21.8 Å². The number of rotatable bonds is 11. The number of carbonyl (C=O) groups excluding carboxylic acids is 1. The van der Waals surface area contributed by atoms with E-state index < -0.39 is 28.9 Å². The van der Waals surface area contributed by atoms with Crippen LogP contribution in [0.1, 0.15) is 35.1 Å². The van der Waals surface area contributed by atoms with Gasteiger partial charge in [-0.25, -0.2) is 28.1 Å². The van der Waals surface area contributed by atoms with Crippen molar-refractivity contribution in [3.63, 3.8) is 0 Å². The number of thiazole rings is 1. The van der Waals surface area contributed by atoms with Crippen LogP contribution < -0.4 is 15.4 Å². The molecule has 0 atom stereocenters. The van der Waals surface area contributed by atoms with Crippen LogP contribution in [0.5, 0.6) is 5.75 Å². The van der Waals surface area contributed by atoms with Gasteiger partial charge < -0.3 is 15.4 Å². The van der Waals surface area contributed by atoms with E-state index in [4.69, 9.17) is 9.72 Å². The van der Waals surface area contributed by atoms with Crippen LogP contribution in [0.4, 0.5) is 30.5 Å². The van der Waals surface area contributed by atoms with Gasteiger partial charge in [0.1, 0.15) is 23.8 Å². The van der Waals surface area contributed by atoms with Crippen molar-refractivity contribution in [1.82, 2.24) is 19.9 Å². The fourth-order valence-corrected chi connectivity index (χ4v) is 6.19. The summed E-state index contributed by atoms with van der Waals surface area (Å²) in [5, 5.41) is 6.51. The number of aromatic nitrogens is 3. The lowest BCUT2D eigenvalue weighted by Crippen LogP contribution is -2.25. The molecule has 1 aliphatic heterocycles. The molecule has 1 aliphatic rings. The van der Waals surface area contributed by atoms with E-state index >= 15 is 0 Å². The van der Waals surface area contributed by atoms with Crippen molar-refractivity contribution < 1.29 is 22.7 Å². The number of nitrogens with one attached hydrogen (secondary N) is 2. The topological polar surface area (TPSA) is 92.3 Å². The Hall–Kier alpha value is -4.81. The Bertz CT molecular complexity index is 1840. The fourth-order valence-electron chi connectivity index (χ4n) is 5.20. The van der Waals surface area contributed by atoms with E-state index in [1.807, 2.05) is 13.0 Å². The first-order valence-electron chi connectivity index (χ1n) is 15.0. The highest BCUT2D eigenvalue weighted by atomic mass is 32.1. The normalized spacial score (nSPS) is 13.1. The van der Waals surface area contributed by atoms with Gasteiger partial charge >= 0.3 is 0 Å². The lowest BCUT2D eigenvalue weighted by molar-refractivity contribution is 0.101. The van der Waals surface area contributed by atoms with Crippen LogP contribution >= 0.6 is 11.3 Å². The van der Waals surface area contributed by atoms with E-state index in [2.05, 4.69) is 25.5 Å². The number of halogens is 3. The van der Waals surface area contributed by atoms with Crippen molar-refractivity contribution >= 4 is 34.6 Å². The second-order valence-corrected chi connectivity index (χ2v) is 11.8. The number of anilines is 3. The van der Waals surface area contributed by atoms with Crippen LogP contribution in [0.3, 0.4) is 0 Å². The molecule has 3 heterocycles. The molecule has 1 amide bonds. The molecule has 8 nitrogen and oxygen atoms in total. The largest absolute Gasteiger partial charge is 0.489 e. The van der Waals surface area contributed by atoms with Gasteiger partial charge in [-0.2, -0.15) is 0 Å². The van der Waals surface area contributed by atoms with Crippen LogP contribution in [0, 0.1) is 17.5 Å². The molecule has 0 bridgehead atoms. The van der Waals surface area contributed by atoms with E-state index in [1.54, 1.807) is 42.6 Å². The maximum Gasteiger partial charge on any atom is 0.261 e. The van der Waals surface area contributed by atoms with Crippen molar-refractivity contribution in [3.8, 4) is 27.6 Å². The summed E-state index contributed by atoms with van der Waals surface area (Å²) in [5.41, 5.74) is 2.05. The molecule has 6 rings (SSSR count). The van der Waals surface area contributed by atoms with Crippen molar-refractivity contribution in [3.05, 3.63) is 101 Å². The molecule has 2 aromatic heterocycles. The number of nitrogens with zero attached hydrogens (tertiary/aromatic N) is 4. The van der Waals surface area contributed by atoms with Gasteiger partial charge in [-0.05, 0) is 74.8 Å². The fraction of sp³-hybridized carbons (Fsp3) is 0.235. The standard InChI is InChI=1S/C34H31F3N6O2S/c1-2-29-42-31(21-7-5-8-22(19-21)39-33(44)30-24(35)9-6-10-25(30)36)32(46-29)27-13-14-38-34(41-27)40-23-11-12-28(26(37)20-23)45-18-17-43-15-3-4-16-43/h5-14,19-20H,2-4,15-18H2,1H3,(H,39,44)(H,38,40,41). The number of likely N-dealkylation sites (tertiary alicyclic amines) is 1. The first-order valence-corrected chi connectivity index (χ1v) is 15.8. The molecule has 0 aliphatic carbocycles. The monoisotopic (exact) mass is 644 g/mol. The predicted molar refractivity (Wildman–Crippen MR) is 173 cm³/mol. The van der Waals surface area contributed by atoms with E-state index in [9.17, 15) is 18.0 Å². The predicted octanol–water partition coefficient (Wildman–Crippen LogP) is 7.72. The first kappa shape index (κ1) is 31.2. The average Bonchev–Trinajstić information content (AvgIpc) is 3.73. The van der Waals surface area contributed by atoms with E-state index in [0.717, 1.165) is 41.7 Å². The summed E-state index contributed by atoms with van der Waals surface area (Å²) in [6, 6.07) is 16.5. The Labute approximate surface area is 268 Å². The molecule has 0 saturated carbocycles. The lowest BCUT2D eigenvalue weighted by atomic mass is 10.1. The van der Waals surface area contributed by atoms with Gasteiger partial charge in [0, 0.05) is 35.7 Å². The maximum atomic E-state index is 14.8. The lowest BCUT2D eigenvalue weighted by Gasteiger charge is -2.15. The highest BCUT2D eigenvalue weighted by Crippen LogP contribution is 2.37. The second kappa shape index (κ2) is 14.1. The summed E-state index contributed by atoms with van der Waals surface area (Å²) in [5.74, 6) is -2.81. The van der Waals surface area contributed by atoms with Gasteiger partial charge in [0.15, 0.2) is 11.6 Å². The number of ether oxygens (including phenoxy) is 1. The first-order chi connectivity index (χ1) is 22.4. The summed E-state index contributed by atoms with van der Waals surface area (Å²) >= 11 is 1.47. The van der Waals surface area contributed by atoms with Gasteiger partial charge in [-0.15, -0.1) is 11.3 Å². The van der Waals surface area contributed by atoms with Crippen molar-refractivity contribution in [1.29, 1.82) is 0 Å². The molecule has 236 valence electrons. The third-order valence-electron chi connectivity index (χ3n) is 7.50. The minimum Gasteiger partial charge on any atom is -0.489 e. The quantitative estimate of drug-likeness (QED) is 0.152.